The normalized spacial score (nSPS) is 10.9. The molecule has 0 unspecified atom stereocenters. The van der Waals surface area contributed by atoms with Crippen molar-refractivity contribution >= 4 is 17.2 Å². The predicted octanol–water partition coefficient (Wildman–Crippen LogP) is 3.49. The third-order valence-electron chi connectivity index (χ3n) is 5.33. The fourth-order valence-electron chi connectivity index (χ4n) is 3.79. The highest BCUT2D eigenvalue weighted by atomic mass is 35.5. The lowest BCUT2D eigenvalue weighted by molar-refractivity contribution is 0.587. The molecule has 0 fully saturated rings. The van der Waals surface area contributed by atoms with Crippen molar-refractivity contribution in [3.8, 4) is 28.3 Å². The lowest BCUT2D eigenvalue weighted by Gasteiger charge is -2.16. The molecule has 3 heterocycles. The number of fused-ring (bicyclic) bond motifs is 1. The number of hydrogen-bond donors (Lipinski definition) is 1. The average molecular weight is 455 g/mol. The molecular formula is C24H15ClN6O2. The summed E-state index contributed by atoms with van der Waals surface area (Å²) in [5, 5.41) is 16.3. The highest BCUT2D eigenvalue weighted by molar-refractivity contribution is 6.30. The van der Waals surface area contributed by atoms with Crippen LogP contribution >= 0.6 is 11.6 Å². The van der Waals surface area contributed by atoms with Gasteiger partial charge < -0.3 is 0 Å². The Labute approximate surface area is 191 Å². The topological polar surface area (TPSA) is 109 Å². The van der Waals surface area contributed by atoms with E-state index < -0.39 is 5.69 Å². The Bertz CT molecular complexity index is 1630. The van der Waals surface area contributed by atoms with E-state index in [0.717, 1.165) is 5.56 Å². The number of aromatic amines is 1. The van der Waals surface area contributed by atoms with E-state index in [9.17, 15) is 9.59 Å². The zero-order valence-corrected chi connectivity index (χ0v) is 17.8. The quantitative estimate of drug-likeness (QED) is 0.447. The van der Waals surface area contributed by atoms with E-state index in [1.807, 2.05) is 0 Å². The van der Waals surface area contributed by atoms with Crippen LogP contribution in [0.1, 0.15) is 11.1 Å². The summed E-state index contributed by atoms with van der Waals surface area (Å²) in [6.45, 7) is 0.109. The Morgan fingerprint density at radius 3 is 2.24 bits per heavy atom. The van der Waals surface area contributed by atoms with Crippen molar-refractivity contribution in [3.63, 3.8) is 0 Å². The van der Waals surface area contributed by atoms with Crippen molar-refractivity contribution in [1.29, 1.82) is 5.26 Å². The molecule has 0 spiro atoms. The van der Waals surface area contributed by atoms with E-state index >= 15 is 0 Å². The van der Waals surface area contributed by atoms with E-state index in [0.29, 0.717) is 38.5 Å². The van der Waals surface area contributed by atoms with Crippen molar-refractivity contribution in [2.24, 2.45) is 0 Å². The standard InChI is InChI=1S/C24H15ClN6O2/c25-19-7-5-17(6-8-19)21-20(18-9-11-27-12-10-18)22-28-29-24(33)31(22)30(23(21)32)14-16-3-1-15(13-26)2-4-16/h1-12H,14H2,(H,29,33). The second-order valence-electron chi connectivity index (χ2n) is 7.33. The largest absolute Gasteiger partial charge is 0.363 e. The molecule has 3 aromatic heterocycles. The van der Waals surface area contributed by atoms with Crippen molar-refractivity contribution in [2.45, 2.75) is 6.54 Å². The molecule has 9 heteroatoms. The summed E-state index contributed by atoms with van der Waals surface area (Å²) in [6.07, 6.45) is 3.23. The number of aromatic nitrogens is 5. The number of pyridine rings is 1. The smallest absolute Gasteiger partial charge is 0.267 e. The molecule has 0 radical (unpaired) electrons. The van der Waals surface area contributed by atoms with Crippen molar-refractivity contribution in [2.75, 3.05) is 0 Å². The monoisotopic (exact) mass is 454 g/mol. The van der Waals surface area contributed by atoms with Crippen LogP contribution in [-0.4, -0.2) is 24.4 Å². The first kappa shape index (κ1) is 20.4. The third kappa shape index (κ3) is 3.60. The maximum atomic E-state index is 13.9. The first-order valence-corrected chi connectivity index (χ1v) is 10.3. The van der Waals surface area contributed by atoms with Crippen LogP contribution in [0.5, 0.6) is 0 Å². The first-order valence-electron chi connectivity index (χ1n) is 9.96. The van der Waals surface area contributed by atoms with Crippen LogP contribution in [-0.2, 0) is 6.54 Å². The number of rotatable bonds is 4. The average Bonchev–Trinajstić information content (AvgIpc) is 3.23. The summed E-state index contributed by atoms with van der Waals surface area (Å²) < 4.78 is 2.59. The molecule has 0 atom stereocenters. The summed E-state index contributed by atoms with van der Waals surface area (Å²) >= 11 is 6.08. The minimum Gasteiger partial charge on any atom is -0.267 e. The van der Waals surface area contributed by atoms with Gasteiger partial charge >= 0.3 is 5.69 Å². The first-order chi connectivity index (χ1) is 16.1. The minimum absolute atomic E-state index is 0.109. The summed E-state index contributed by atoms with van der Waals surface area (Å²) in [6, 6.07) is 19.4. The van der Waals surface area contributed by atoms with E-state index in [1.54, 1.807) is 73.1 Å². The van der Waals surface area contributed by atoms with Gasteiger partial charge in [0.15, 0.2) is 5.65 Å². The summed E-state index contributed by atoms with van der Waals surface area (Å²) in [4.78, 5) is 30.7. The van der Waals surface area contributed by atoms with Gasteiger partial charge in [-0.05, 0) is 53.1 Å². The molecule has 2 aromatic carbocycles. The minimum atomic E-state index is -0.534. The fourth-order valence-corrected chi connectivity index (χ4v) is 3.92. The van der Waals surface area contributed by atoms with Gasteiger partial charge in [0.1, 0.15) is 0 Å². The lowest BCUT2D eigenvalue weighted by Crippen LogP contribution is -2.33. The van der Waals surface area contributed by atoms with Gasteiger partial charge in [0.05, 0.1) is 23.7 Å². The van der Waals surface area contributed by atoms with Crippen LogP contribution in [0.15, 0.2) is 82.6 Å². The van der Waals surface area contributed by atoms with Gasteiger partial charge in [0, 0.05) is 23.0 Å². The second-order valence-corrected chi connectivity index (χ2v) is 7.76. The molecule has 160 valence electrons. The number of nitriles is 1. The Morgan fingerprint density at radius 1 is 0.909 bits per heavy atom. The number of benzene rings is 2. The van der Waals surface area contributed by atoms with Crippen LogP contribution in [0.4, 0.5) is 0 Å². The number of halogens is 1. The predicted molar refractivity (Wildman–Crippen MR) is 124 cm³/mol. The Balaban J connectivity index is 1.85. The summed E-state index contributed by atoms with van der Waals surface area (Å²) in [7, 11) is 0. The molecule has 5 aromatic rings. The highest BCUT2D eigenvalue weighted by Crippen LogP contribution is 2.32. The molecule has 0 bridgehead atoms. The van der Waals surface area contributed by atoms with Crippen molar-refractivity contribution < 1.29 is 0 Å². The molecule has 0 saturated carbocycles. The molecule has 5 rings (SSSR count). The Hall–Kier alpha value is -4.48. The molecule has 0 amide bonds. The van der Waals surface area contributed by atoms with Gasteiger partial charge in [-0.3, -0.25) is 9.78 Å². The number of H-pyrrole nitrogens is 1. The maximum Gasteiger partial charge on any atom is 0.363 e. The molecule has 8 nitrogen and oxygen atoms in total. The maximum absolute atomic E-state index is 13.9. The van der Waals surface area contributed by atoms with Gasteiger partial charge in [-0.15, -0.1) is 0 Å². The molecular weight excluding hydrogens is 440 g/mol. The Morgan fingerprint density at radius 2 is 1.58 bits per heavy atom. The number of nitrogens with one attached hydrogen (secondary N) is 1. The van der Waals surface area contributed by atoms with Crippen LogP contribution in [0, 0.1) is 11.3 Å². The van der Waals surface area contributed by atoms with Gasteiger partial charge in [-0.1, -0.05) is 35.9 Å². The van der Waals surface area contributed by atoms with Crippen molar-refractivity contribution in [3.05, 3.63) is 110 Å². The van der Waals surface area contributed by atoms with Gasteiger partial charge in [0.25, 0.3) is 5.56 Å². The molecule has 0 saturated heterocycles. The fraction of sp³-hybridized carbons (Fsp3) is 0.0417. The van der Waals surface area contributed by atoms with Gasteiger partial charge in [-0.25, -0.2) is 14.6 Å². The van der Waals surface area contributed by atoms with E-state index in [4.69, 9.17) is 16.9 Å². The zero-order valence-electron chi connectivity index (χ0n) is 17.1. The Kier molecular flexibility index (Phi) is 5.09. The molecule has 0 aliphatic heterocycles. The van der Waals surface area contributed by atoms with Gasteiger partial charge in [0.2, 0.25) is 0 Å². The molecule has 0 aliphatic carbocycles. The SMILES string of the molecule is N#Cc1ccc(Cn2c(=O)c(-c3ccc(Cl)cc3)c(-c3ccncc3)c3n[nH]c(=O)n32)cc1. The van der Waals surface area contributed by atoms with E-state index in [2.05, 4.69) is 21.3 Å². The molecule has 0 aliphatic rings. The van der Waals surface area contributed by atoms with E-state index in [-0.39, 0.29) is 12.1 Å². The van der Waals surface area contributed by atoms with Crippen molar-refractivity contribution in [1.82, 2.24) is 24.4 Å². The van der Waals surface area contributed by atoms with Crippen LogP contribution in [0.2, 0.25) is 5.02 Å². The van der Waals surface area contributed by atoms with Gasteiger partial charge in [-0.2, -0.15) is 14.9 Å². The highest BCUT2D eigenvalue weighted by Gasteiger charge is 2.22. The lowest BCUT2D eigenvalue weighted by atomic mass is 9.97. The number of hydrogen-bond acceptors (Lipinski definition) is 5. The molecule has 33 heavy (non-hydrogen) atoms. The van der Waals surface area contributed by atoms with Crippen LogP contribution in [0.25, 0.3) is 27.9 Å². The zero-order chi connectivity index (χ0) is 22.9. The molecule has 1 N–H and O–H groups in total. The number of nitrogens with zero attached hydrogens (tertiary/aromatic N) is 5. The van der Waals surface area contributed by atoms with E-state index in [1.165, 1.54) is 9.20 Å². The second kappa shape index (κ2) is 8.22. The summed E-state index contributed by atoms with van der Waals surface area (Å²) in [5.41, 5.74) is 2.90. The third-order valence-corrected chi connectivity index (χ3v) is 5.58. The summed E-state index contributed by atoms with van der Waals surface area (Å²) in [5.74, 6) is 0. The van der Waals surface area contributed by atoms with Crippen LogP contribution < -0.4 is 11.2 Å². The van der Waals surface area contributed by atoms with Crippen LogP contribution in [0.3, 0.4) is 0 Å².